The Kier molecular flexibility index (Phi) is 4.29. The van der Waals surface area contributed by atoms with Gasteiger partial charge in [-0.3, -0.25) is 0 Å². The fraction of sp³-hybridized carbons (Fsp3) is 0.467. The molecule has 2 aromatic rings. The van der Waals surface area contributed by atoms with E-state index in [1.165, 1.54) is 6.33 Å². The second-order valence-corrected chi connectivity index (χ2v) is 5.77. The molecule has 1 aromatic heterocycles. The van der Waals surface area contributed by atoms with Crippen LogP contribution in [0.4, 0.5) is 22.0 Å². The molecule has 0 aliphatic carbocycles. The molecule has 0 bridgehead atoms. The number of nitrogens with zero attached hydrogens (tertiary/aromatic N) is 3. The maximum absolute atomic E-state index is 14.0. The molecule has 0 radical (unpaired) electrons. The summed E-state index contributed by atoms with van der Waals surface area (Å²) in [6.45, 7) is 4.44. The monoisotopic (exact) mass is 348 g/mol. The summed E-state index contributed by atoms with van der Waals surface area (Å²) in [6, 6.07) is -0.131. The highest BCUT2D eigenvalue weighted by molar-refractivity contribution is 5.36. The van der Waals surface area contributed by atoms with Gasteiger partial charge in [0.2, 0.25) is 41.1 Å². The summed E-state index contributed by atoms with van der Waals surface area (Å²) in [5, 5.41) is 3.94. The van der Waals surface area contributed by atoms with Gasteiger partial charge in [-0.2, -0.15) is 8.78 Å². The van der Waals surface area contributed by atoms with Crippen LogP contribution in [0.5, 0.6) is 0 Å². The van der Waals surface area contributed by atoms with Gasteiger partial charge >= 0.3 is 5.82 Å². The molecule has 1 aliphatic heterocycles. The van der Waals surface area contributed by atoms with Crippen molar-refractivity contribution in [2.75, 3.05) is 6.61 Å². The van der Waals surface area contributed by atoms with Gasteiger partial charge in [0.05, 0.1) is 6.61 Å². The van der Waals surface area contributed by atoms with Crippen LogP contribution in [0, 0.1) is 35.0 Å². The van der Waals surface area contributed by atoms with Gasteiger partial charge in [-0.15, -0.1) is 0 Å². The fourth-order valence-electron chi connectivity index (χ4n) is 2.73. The highest BCUT2D eigenvalue weighted by Crippen LogP contribution is 2.26. The molecule has 0 N–H and O–H groups in total. The summed E-state index contributed by atoms with van der Waals surface area (Å²) in [4.78, 5) is 0. The molecule has 2 atom stereocenters. The summed E-state index contributed by atoms with van der Waals surface area (Å²) >= 11 is 0. The van der Waals surface area contributed by atoms with Crippen LogP contribution in [-0.2, 0) is 11.3 Å². The molecule has 130 valence electrons. The first-order valence-electron chi connectivity index (χ1n) is 7.46. The van der Waals surface area contributed by atoms with Crippen LogP contribution in [0.1, 0.15) is 32.1 Å². The molecule has 24 heavy (non-hydrogen) atoms. The lowest BCUT2D eigenvalue weighted by atomic mass is 9.99. The summed E-state index contributed by atoms with van der Waals surface area (Å²) in [5.41, 5.74) is -1.10. The van der Waals surface area contributed by atoms with Crippen molar-refractivity contribution < 1.29 is 31.3 Å². The van der Waals surface area contributed by atoms with E-state index in [1.807, 2.05) is 13.8 Å². The standard InChI is InChI=1S/C15H15F5N3O/c1-3-7(2)8-4-24-5-9-21-23(6-22(8)9)15-13(19)11(17)10(16)12(18)14(15)20/h6-8H,3-5H2,1-2H3/q+1/t7?,8-/m1/s1. The molecule has 0 amide bonds. The van der Waals surface area contributed by atoms with Crippen molar-refractivity contribution in [1.29, 1.82) is 0 Å². The highest BCUT2D eigenvalue weighted by atomic mass is 19.2. The Morgan fingerprint density at radius 1 is 1.17 bits per heavy atom. The number of ether oxygens (including phenoxy) is 1. The Morgan fingerprint density at radius 3 is 2.33 bits per heavy atom. The van der Waals surface area contributed by atoms with Gasteiger partial charge in [0, 0.05) is 5.10 Å². The zero-order chi connectivity index (χ0) is 17.6. The zero-order valence-corrected chi connectivity index (χ0v) is 13.0. The van der Waals surface area contributed by atoms with E-state index in [0.29, 0.717) is 17.1 Å². The van der Waals surface area contributed by atoms with E-state index in [1.54, 1.807) is 4.57 Å². The topological polar surface area (TPSA) is 30.9 Å². The van der Waals surface area contributed by atoms with Gasteiger partial charge < -0.3 is 4.74 Å². The Hall–Kier alpha value is -2.03. The molecule has 0 saturated carbocycles. The van der Waals surface area contributed by atoms with E-state index >= 15 is 0 Å². The summed E-state index contributed by atoms with van der Waals surface area (Å²) < 4.78 is 75.6. The number of aromatic nitrogens is 3. The second-order valence-electron chi connectivity index (χ2n) is 5.77. The molecule has 1 unspecified atom stereocenters. The van der Waals surface area contributed by atoms with Crippen molar-refractivity contribution in [3.05, 3.63) is 41.2 Å². The minimum Gasteiger partial charge on any atom is -0.367 e. The van der Waals surface area contributed by atoms with Crippen LogP contribution < -0.4 is 4.57 Å². The number of halogens is 5. The van der Waals surface area contributed by atoms with E-state index < -0.39 is 34.8 Å². The molecule has 4 nitrogen and oxygen atoms in total. The number of rotatable bonds is 3. The van der Waals surface area contributed by atoms with Gasteiger partial charge in [0.1, 0.15) is 12.6 Å². The third-order valence-corrected chi connectivity index (χ3v) is 4.35. The Morgan fingerprint density at radius 2 is 1.75 bits per heavy atom. The van der Waals surface area contributed by atoms with Gasteiger partial charge in [0.15, 0.2) is 0 Å². The summed E-state index contributed by atoms with van der Waals surface area (Å²) in [6.07, 6.45) is 2.07. The van der Waals surface area contributed by atoms with E-state index in [-0.39, 0.29) is 18.6 Å². The van der Waals surface area contributed by atoms with Crippen LogP contribution >= 0.6 is 0 Å². The fourth-order valence-corrected chi connectivity index (χ4v) is 2.73. The lowest BCUT2D eigenvalue weighted by molar-refractivity contribution is -0.749. The molecule has 2 heterocycles. The molecule has 3 rings (SSSR count). The van der Waals surface area contributed by atoms with Crippen LogP contribution in [0.2, 0.25) is 0 Å². The summed E-state index contributed by atoms with van der Waals surface area (Å²) in [7, 11) is 0. The van der Waals surface area contributed by atoms with Crippen LogP contribution in [0.3, 0.4) is 0 Å². The minimum atomic E-state index is -2.20. The molecule has 0 saturated heterocycles. The van der Waals surface area contributed by atoms with Crippen molar-refractivity contribution in [2.45, 2.75) is 32.9 Å². The van der Waals surface area contributed by atoms with E-state index in [4.69, 9.17) is 4.74 Å². The highest BCUT2D eigenvalue weighted by Gasteiger charge is 2.36. The quantitative estimate of drug-likeness (QED) is 0.370. The Labute approximate surface area is 134 Å². The van der Waals surface area contributed by atoms with E-state index in [2.05, 4.69) is 5.10 Å². The van der Waals surface area contributed by atoms with Gasteiger partial charge in [-0.05, 0) is 5.92 Å². The van der Waals surface area contributed by atoms with Crippen LogP contribution in [0.15, 0.2) is 6.33 Å². The predicted octanol–water partition coefficient (Wildman–Crippen LogP) is 2.97. The smallest absolute Gasteiger partial charge is 0.304 e. The number of hydrogen-bond acceptors (Lipinski definition) is 2. The van der Waals surface area contributed by atoms with Crippen molar-refractivity contribution >= 4 is 0 Å². The molecule has 9 heteroatoms. The largest absolute Gasteiger partial charge is 0.367 e. The maximum atomic E-state index is 14.0. The molecule has 1 aromatic carbocycles. The number of benzene rings is 1. The van der Waals surface area contributed by atoms with Crippen LogP contribution in [0.25, 0.3) is 5.69 Å². The van der Waals surface area contributed by atoms with E-state index in [9.17, 15) is 22.0 Å². The third-order valence-electron chi connectivity index (χ3n) is 4.35. The zero-order valence-electron chi connectivity index (χ0n) is 13.0. The lowest BCUT2D eigenvalue weighted by Crippen LogP contribution is -2.50. The van der Waals surface area contributed by atoms with Crippen molar-refractivity contribution in [3.8, 4) is 5.69 Å². The Bertz CT molecular complexity index is 763. The second kappa shape index (κ2) is 6.12. The first-order valence-corrected chi connectivity index (χ1v) is 7.46. The number of hydrogen-bond donors (Lipinski definition) is 0. The molecule has 0 spiro atoms. The number of fused-ring (bicyclic) bond motifs is 1. The predicted molar refractivity (Wildman–Crippen MR) is 71.7 cm³/mol. The van der Waals surface area contributed by atoms with Gasteiger partial charge in [-0.1, -0.05) is 25.0 Å². The lowest BCUT2D eigenvalue weighted by Gasteiger charge is -2.24. The third kappa shape index (κ3) is 2.47. The SMILES string of the molecule is CCC(C)[C@H]1COCc2nn(-c3c(F)c(F)c(F)c(F)c3F)c[n+]21. The van der Waals surface area contributed by atoms with Crippen LogP contribution in [-0.4, -0.2) is 16.4 Å². The molecular formula is C15H15F5N3O+. The molecule has 1 aliphatic rings. The minimum absolute atomic E-state index is 0.0926. The molecule has 0 fully saturated rings. The maximum Gasteiger partial charge on any atom is 0.304 e. The van der Waals surface area contributed by atoms with E-state index in [0.717, 1.165) is 6.42 Å². The van der Waals surface area contributed by atoms with Crippen molar-refractivity contribution in [1.82, 2.24) is 9.78 Å². The first kappa shape index (κ1) is 16.8. The first-order chi connectivity index (χ1) is 11.4. The van der Waals surface area contributed by atoms with Crippen molar-refractivity contribution in [3.63, 3.8) is 0 Å². The van der Waals surface area contributed by atoms with Gasteiger partial charge in [-0.25, -0.2) is 17.7 Å². The van der Waals surface area contributed by atoms with Crippen molar-refractivity contribution in [2.24, 2.45) is 5.92 Å². The van der Waals surface area contributed by atoms with Gasteiger partial charge in [0.25, 0.3) is 0 Å². The average Bonchev–Trinajstić information content (AvgIpc) is 3.01. The normalized spacial score (nSPS) is 18.5. The molecular weight excluding hydrogens is 333 g/mol. The average molecular weight is 348 g/mol. The Balaban J connectivity index is 2.15. The summed E-state index contributed by atoms with van der Waals surface area (Å²) in [5.74, 6) is -9.51.